The lowest BCUT2D eigenvalue weighted by atomic mass is 10.1. The number of rotatable bonds is 4. The van der Waals surface area contributed by atoms with Crippen LogP contribution in [0.1, 0.15) is 12.8 Å². The molecule has 2 amide bonds. The molecule has 2 saturated heterocycles. The number of nitrogens with zero attached hydrogens (tertiary/aromatic N) is 1. The molecule has 0 aromatic heterocycles. The number of ether oxygens (including phenoxy) is 1. The summed E-state index contributed by atoms with van der Waals surface area (Å²) in [6.07, 6.45) is 0.506. The molecule has 2 fully saturated rings. The molecule has 2 N–H and O–H groups in total. The standard InChI is InChI=1S/C12H20N2O6S/c1-20-9-4-10(11(15)16)14(6-9)12(17)13-5-8-2-3-21(18,19)7-8/h8-10H,2-7H2,1H3,(H,13,17)(H,15,16). The number of carbonyl (C=O) groups excluding carboxylic acids is 1. The summed E-state index contributed by atoms with van der Waals surface area (Å²) >= 11 is 0. The van der Waals surface area contributed by atoms with Gasteiger partial charge in [0.1, 0.15) is 6.04 Å². The zero-order valence-electron chi connectivity index (χ0n) is 11.8. The number of hydrogen-bond donors (Lipinski definition) is 2. The first-order valence-corrected chi connectivity index (χ1v) is 8.65. The second kappa shape index (κ2) is 6.18. The summed E-state index contributed by atoms with van der Waals surface area (Å²) in [5, 5.41) is 11.8. The molecule has 0 aliphatic carbocycles. The fourth-order valence-corrected chi connectivity index (χ4v) is 4.65. The van der Waals surface area contributed by atoms with Crippen molar-refractivity contribution in [3.63, 3.8) is 0 Å². The molecule has 2 heterocycles. The number of hydrogen-bond acceptors (Lipinski definition) is 5. The Balaban J connectivity index is 1.89. The summed E-state index contributed by atoms with van der Waals surface area (Å²) < 4.78 is 27.8. The highest BCUT2D eigenvalue weighted by Gasteiger charge is 2.40. The van der Waals surface area contributed by atoms with E-state index >= 15 is 0 Å². The largest absolute Gasteiger partial charge is 0.480 e. The number of carboxylic acids is 1. The van der Waals surface area contributed by atoms with Gasteiger partial charge in [0.05, 0.1) is 17.6 Å². The van der Waals surface area contributed by atoms with Crippen LogP contribution in [-0.2, 0) is 19.4 Å². The summed E-state index contributed by atoms with van der Waals surface area (Å²) in [6, 6.07) is -1.38. The molecule has 0 aromatic rings. The Morgan fingerprint density at radius 1 is 1.43 bits per heavy atom. The summed E-state index contributed by atoms with van der Waals surface area (Å²) in [5.41, 5.74) is 0. The van der Waals surface area contributed by atoms with Gasteiger partial charge in [-0.15, -0.1) is 0 Å². The Hall–Kier alpha value is -1.35. The molecular weight excluding hydrogens is 300 g/mol. The quantitative estimate of drug-likeness (QED) is 0.708. The third-order valence-corrected chi connectivity index (χ3v) is 5.85. The van der Waals surface area contributed by atoms with Gasteiger partial charge in [-0.25, -0.2) is 18.0 Å². The third kappa shape index (κ3) is 3.85. The molecule has 0 spiro atoms. The maximum Gasteiger partial charge on any atom is 0.326 e. The first kappa shape index (κ1) is 16.0. The van der Waals surface area contributed by atoms with Crippen molar-refractivity contribution in [3.05, 3.63) is 0 Å². The van der Waals surface area contributed by atoms with Crippen LogP contribution in [0, 0.1) is 5.92 Å². The van der Waals surface area contributed by atoms with Crippen molar-refractivity contribution in [2.45, 2.75) is 25.0 Å². The van der Waals surface area contributed by atoms with Crippen molar-refractivity contribution >= 4 is 21.8 Å². The van der Waals surface area contributed by atoms with Crippen molar-refractivity contribution < 1.29 is 27.9 Å². The Labute approximate surface area is 123 Å². The predicted molar refractivity (Wildman–Crippen MR) is 73.7 cm³/mol. The Morgan fingerprint density at radius 2 is 2.14 bits per heavy atom. The highest BCUT2D eigenvalue weighted by molar-refractivity contribution is 7.91. The summed E-state index contributed by atoms with van der Waals surface area (Å²) in [5.74, 6) is -0.923. The van der Waals surface area contributed by atoms with E-state index in [1.807, 2.05) is 0 Å². The van der Waals surface area contributed by atoms with Crippen molar-refractivity contribution in [1.29, 1.82) is 0 Å². The van der Waals surface area contributed by atoms with Crippen molar-refractivity contribution in [2.24, 2.45) is 5.92 Å². The number of amides is 2. The predicted octanol–water partition coefficient (Wildman–Crippen LogP) is -0.695. The summed E-state index contributed by atoms with van der Waals surface area (Å²) in [7, 11) is -1.50. The van der Waals surface area contributed by atoms with Gasteiger partial charge in [0, 0.05) is 26.6 Å². The van der Waals surface area contributed by atoms with Crippen LogP contribution in [0.5, 0.6) is 0 Å². The highest BCUT2D eigenvalue weighted by atomic mass is 32.2. The van der Waals surface area contributed by atoms with Gasteiger partial charge in [0.15, 0.2) is 9.84 Å². The zero-order chi connectivity index (χ0) is 15.6. The van der Waals surface area contributed by atoms with Gasteiger partial charge >= 0.3 is 12.0 Å². The smallest absolute Gasteiger partial charge is 0.326 e. The number of nitrogens with one attached hydrogen (secondary N) is 1. The molecule has 2 aliphatic heterocycles. The minimum atomic E-state index is -2.98. The number of carboxylic acid groups (broad SMARTS) is 1. The normalized spacial score (nSPS) is 31.3. The van der Waals surface area contributed by atoms with Crippen molar-refractivity contribution in [2.75, 3.05) is 31.7 Å². The lowest BCUT2D eigenvalue weighted by Crippen LogP contribution is -2.47. The van der Waals surface area contributed by atoms with Gasteiger partial charge in [0.2, 0.25) is 0 Å². The molecule has 2 rings (SSSR count). The van der Waals surface area contributed by atoms with Crippen LogP contribution < -0.4 is 5.32 Å². The van der Waals surface area contributed by atoms with Crippen LogP contribution in [0.15, 0.2) is 0 Å². The van der Waals surface area contributed by atoms with Crippen LogP contribution in [0.3, 0.4) is 0 Å². The van der Waals surface area contributed by atoms with E-state index in [0.717, 1.165) is 0 Å². The number of urea groups is 1. The fraction of sp³-hybridized carbons (Fsp3) is 0.833. The van der Waals surface area contributed by atoms with E-state index in [2.05, 4.69) is 5.32 Å². The maximum atomic E-state index is 12.1. The second-order valence-corrected chi connectivity index (χ2v) is 7.78. The Bertz CT molecular complexity index is 520. The minimum absolute atomic E-state index is 0.0797. The van der Waals surface area contributed by atoms with E-state index in [1.165, 1.54) is 12.0 Å². The van der Waals surface area contributed by atoms with Gasteiger partial charge in [-0.1, -0.05) is 0 Å². The first-order chi connectivity index (χ1) is 9.82. The Kier molecular flexibility index (Phi) is 4.72. The first-order valence-electron chi connectivity index (χ1n) is 6.83. The maximum absolute atomic E-state index is 12.1. The molecule has 3 unspecified atom stereocenters. The van der Waals surface area contributed by atoms with Crippen molar-refractivity contribution in [3.8, 4) is 0 Å². The lowest BCUT2D eigenvalue weighted by Gasteiger charge is -2.22. The average Bonchev–Trinajstić information content (AvgIpc) is 2.99. The van der Waals surface area contributed by atoms with Crippen LogP contribution in [-0.4, -0.2) is 74.3 Å². The average molecular weight is 320 g/mol. The number of aliphatic carboxylic acids is 1. The van der Waals surface area contributed by atoms with E-state index in [4.69, 9.17) is 9.84 Å². The molecule has 120 valence electrons. The minimum Gasteiger partial charge on any atom is -0.480 e. The number of likely N-dealkylation sites (tertiary alicyclic amines) is 1. The van der Waals surface area contributed by atoms with Crippen molar-refractivity contribution in [1.82, 2.24) is 10.2 Å². The molecule has 9 heteroatoms. The monoisotopic (exact) mass is 320 g/mol. The molecular formula is C12H20N2O6S. The molecule has 8 nitrogen and oxygen atoms in total. The van der Waals surface area contributed by atoms with Gasteiger partial charge in [0.25, 0.3) is 0 Å². The fourth-order valence-electron chi connectivity index (χ4n) is 2.79. The molecule has 0 aromatic carbocycles. The number of carbonyl (C=O) groups is 2. The van der Waals surface area contributed by atoms with E-state index < -0.39 is 27.9 Å². The zero-order valence-corrected chi connectivity index (χ0v) is 12.6. The van der Waals surface area contributed by atoms with Gasteiger partial charge < -0.3 is 20.1 Å². The van der Waals surface area contributed by atoms with Crippen LogP contribution in [0.4, 0.5) is 4.79 Å². The SMILES string of the molecule is COC1CC(C(=O)O)N(C(=O)NCC2CCS(=O)(=O)C2)C1. The molecule has 0 saturated carbocycles. The number of sulfone groups is 1. The van der Waals surface area contributed by atoms with Gasteiger partial charge in [-0.2, -0.15) is 0 Å². The molecule has 21 heavy (non-hydrogen) atoms. The number of methoxy groups -OCH3 is 1. The highest BCUT2D eigenvalue weighted by Crippen LogP contribution is 2.21. The van der Waals surface area contributed by atoms with Crippen LogP contribution in [0.2, 0.25) is 0 Å². The van der Waals surface area contributed by atoms with E-state index in [0.29, 0.717) is 6.42 Å². The van der Waals surface area contributed by atoms with Gasteiger partial charge in [-0.3, -0.25) is 0 Å². The van der Waals surface area contributed by atoms with E-state index in [9.17, 15) is 18.0 Å². The summed E-state index contributed by atoms with van der Waals surface area (Å²) in [4.78, 5) is 24.5. The third-order valence-electron chi connectivity index (χ3n) is 4.01. The lowest BCUT2D eigenvalue weighted by molar-refractivity contribution is -0.141. The van der Waals surface area contributed by atoms with Gasteiger partial charge in [-0.05, 0) is 12.3 Å². The van der Waals surface area contributed by atoms with Crippen LogP contribution >= 0.6 is 0 Å². The molecule has 2 aliphatic rings. The van der Waals surface area contributed by atoms with E-state index in [1.54, 1.807) is 0 Å². The van der Waals surface area contributed by atoms with Crippen LogP contribution in [0.25, 0.3) is 0 Å². The molecule has 0 radical (unpaired) electrons. The second-order valence-electron chi connectivity index (χ2n) is 5.55. The Morgan fingerprint density at radius 3 is 2.67 bits per heavy atom. The molecule has 0 bridgehead atoms. The topological polar surface area (TPSA) is 113 Å². The molecule has 3 atom stereocenters. The summed E-state index contributed by atoms with van der Waals surface area (Å²) in [6.45, 7) is 0.473. The van der Waals surface area contributed by atoms with E-state index in [-0.39, 0.29) is 43.0 Å².